The molecular weight excluding hydrogens is 289 g/mol. The van der Waals surface area contributed by atoms with Gasteiger partial charge < -0.3 is 10.6 Å². The molecule has 0 fully saturated rings. The Morgan fingerprint density at radius 1 is 1.39 bits per heavy atom. The minimum Gasteiger partial charge on any atom is -0.368 e. The molecule has 1 aromatic rings. The molecule has 0 atom stereocenters. The van der Waals surface area contributed by atoms with E-state index in [1.165, 1.54) is 6.20 Å². The third-order valence-electron chi connectivity index (χ3n) is 1.74. The van der Waals surface area contributed by atoms with Crippen LogP contribution in [0.15, 0.2) is 6.20 Å². The van der Waals surface area contributed by atoms with Gasteiger partial charge in [0.1, 0.15) is 5.02 Å². The number of alkyl halides is 3. The van der Waals surface area contributed by atoms with E-state index in [9.17, 15) is 13.2 Å². The highest BCUT2D eigenvalue weighted by Crippen LogP contribution is 2.29. The van der Waals surface area contributed by atoms with Crippen LogP contribution in [0, 0.1) is 0 Å². The molecule has 0 saturated carbocycles. The summed E-state index contributed by atoms with van der Waals surface area (Å²) in [7, 11) is 0. The first kappa shape index (κ1) is 15.2. The molecule has 9 heteroatoms. The van der Waals surface area contributed by atoms with Gasteiger partial charge in [-0.15, -0.1) is 0 Å². The maximum atomic E-state index is 11.9. The van der Waals surface area contributed by atoms with Gasteiger partial charge in [-0.2, -0.15) is 18.2 Å². The number of thioether (sulfide) groups is 1. The lowest BCUT2D eigenvalue weighted by Gasteiger charge is -2.09. The quantitative estimate of drug-likeness (QED) is 0.790. The van der Waals surface area contributed by atoms with Crippen LogP contribution in [0.5, 0.6) is 0 Å². The van der Waals surface area contributed by atoms with Crippen molar-refractivity contribution in [2.75, 3.05) is 29.5 Å². The highest BCUT2D eigenvalue weighted by Gasteiger charge is 2.27. The van der Waals surface area contributed by atoms with Gasteiger partial charge in [0.05, 0.1) is 6.20 Å². The van der Waals surface area contributed by atoms with E-state index in [0.717, 1.165) is 0 Å². The Morgan fingerprint density at radius 2 is 2.11 bits per heavy atom. The van der Waals surface area contributed by atoms with Crippen LogP contribution >= 0.6 is 23.4 Å². The van der Waals surface area contributed by atoms with E-state index in [1.54, 1.807) is 0 Å². The molecule has 0 aliphatic heterocycles. The molecule has 18 heavy (non-hydrogen) atoms. The van der Waals surface area contributed by atoms with Gasteiger partial charge in [0.25, 0.3) is 0 Å². The topological polar surface area (TPSA) is 49.8 Å². The molecule has 0 bridgehead atoms. The summed E-state index contributed by atoms with van der Waals surface area (Å²) in [4.78, 5) is 7.96. The fraction of sp³-hybridized carbons (Fsp3) is 0.556. The van der Waals surface area contributed by atoms with Gasteiger partial charge in [0, 0.05) is 18.8 Å². The average molecular weight is 301 g/mol. The summed E-state index contributed by atoms with van der Waals surface area (Å²) in [5, 5.41) is 5.90. The van der Waals surface area contributed by atoms with Gasteiger partial charge >= 0.3 is 5.51 Å². The minimum atomic E-state index is -4.22. The zero-order valence-electron chi connectivity index (χ0n) is 9.51. The van der Waals surface area contributed by atoms with Gasteiger partial charge in [0.15, 0.2) is 5.82 Å². The van der Waals surface area contributed by atoms with Crippen LogP contribution in [-0.4, -0.2) is 34.3 Å². The fourth-order valence-electron chi connectivity index (χ4n) is 1.07. The zero-order chi connectivity index (χ0) is 13.6. The monoisotopic (exact) mass is 300 g/mol. The van der Waals surface area contributed by atoms with Crippen LogP contribution in [0.3, 0.4) is 0 Å². The van der Waals surface area contributed by atoms with Gasteiger partial charge in [-0.05, 0) is 18.7 Å². The smallest absolute Gasteiger partial charge is 0.368 e. The minimum absolute atomic E-state index is 0.0915. The van der Waals surface area contributed by atoms with Crippen molar-refractivity contribution in [3.05, 3.63) is 11.2 Å². The number of rotatable bonds is 6. The Kier molecular flexibility index (Phi) is 5.80. The second kappa shape index (κ2) is 6.89. The Labute approximate surface area is 112 Å². The first-order valence-electron chi connectivity index (χ1n) is 5.13. The van der Waals surface area contributed by atoms with E-state index in [0.29, 0.717) is 18.3 Å². The third-order valence-corrected chi connectivity index (χ3v) is 2.75. The SMILES string of the molecule is CCNc1ncc(Cl)c(NCCSC(F)(F)F)n1. The Balaban J connectivity index is 2.48. The van der Waals surface area contributed by atoms with E-state index < -0.39 is 5.51 Å². The van der Waals surface area contributed by atoms with Gasteiger partial charge in [-0.1, -0.05) is 11.6 Å². The number of anilines is 2. The Morgan fingerprint density at radius 3 is 2.72 bits per heavy atom. The van der Waals surface area contributed by atoms with Crippen molar-refractivity contribution in [2.24, 2.45) is 0 Å². The van der Waals surface area contributed by atoms with Gasteiger partial charge in [0.2, 0.25) is 5.95 Å². The molecule has 102 valence electrons. The van der Waals surface area contributed by atoms with Crippen molar-refractivity contribution in [1.82, 2.24) is 9.97 Å². The van der Waals surface area contributed by atoms with E-state index in [1.807, 2.05) is 6.92 Å². The lowest BCUT2D eigenvalue weighted by atomic mass is 10.5. The molecule has 4 nitrogen and oxygen atoms in total. The van der Waals surface area contributed by atoms with E-state index in [-0.39, 0.29) is 29.1 Å². The largest absolute Gasteiger partial charge is 0.441 e. The van der Waals surface area contributed by atoms with E-state index in [2.05, 4.69) is 20.6 Å². The van der Waals surface area contributed by atoms with Crippen molar-refractivity contribution in [1.29, 1.82) is 0 Å². The number of hydrogen-bond donors (Lipinski definition) is 2. The molecule has 0 aliphatic rings. The van der Waals surface area contributed by atoms with Crippen molar-refractivity contribution in [3.63, 3.8) is 0 Å². The predicted molar refractivity (Wildman–Crippen MR) is 68.2 cm³/mol. The maximum absolute atomic E-state index is 11.9. The van der Waals surface area contributed by atoms with Crippen molar-refractivity contribution in [3.8, 4) is 0 Å². The number of nitrogens with one attached hydrogen (secondary N) is 2. The second-order valence-corrected chi connectivity index (χ2v) is 4.71. The standard InChI is InChI=1S/C9H12ClF3N4S/c1-2-14-8-16-5-6(10)7(17-8)15-3-4-18-9(11,12)13/h5H,2-4H2,1H3,(H2,14,15,16,17). The van der Waals surface area contributed by atoms with Crippen LogP contribution in [0.25, 0.3) is 0 Å². The highest BCUT2D eigenvalue weighted by atomic mass is 35.5. The molecule has 2 N–H and O–H groups in total. The van der Waals surface area contributed by atoms with Crippen LogP contribution in [0.4, 0.5) is 24.9 Å². The molecule has 0 saturated heterocycles. The summed E-state index contributed by atoms with van der Waals surface area (Å²) >= 11 is 5.73. The highest BCUT2D eigenvalue weighted by molar-refractivity contribution is 8.00. The zero-order valence-corrected chi connectivity index (χ0v) is 11.1. The Bertz CT molecular complexity index is 389. The molecule has 0 aliphatic carbocycles. The predicted octanol–water partition coefficient (Wildman–Crippen LogP) is 3.23. The fourth-order valence-corrected chi connectivity index (χ4v) is 1.66. The number of halogens is 4. The van der Waals surface area contributed by atoms with Crippen LogP contribution in [-0.2, 0) is 0 Å². The summed E-state index contributed by atoms with van der Waals surface area (Å²) in [6.07, 6.45) is 1.39. The molecule has 1 rings (SSSR count). The maximum Gasteiger partial charge on any atom is 0.441 e. The van der Waals surface area contributed by atoms with Crippen LogP contribution in [0.1, 0.15) is 6.92 Å². The third kappa shape index (κ3) is 5.63. The van der Waals surface area contributed by atoms with Gasteiger partial charge in [-0.25, -0.2) is 4.98 Å². The number of aromatic nitrogens is 2. The normalized spacial score (nSPS) is 11.4. The molecule has 0 unspecified atom stereocenters. The lowest BCUT2D eigenvalue weighted by molar-refractivity contribution is -0.0327. The molecular formula is C9H12ClF3N4S. The summed E-state index contributed by atoms with van der Waals surface area (Å²) in [6, 6.07) is 0. The summed E-state index contributed by atoms with van der Waals surface area (Å²) in [5.41, 5.74) is -4.22. The Hall–Kier alpha value is -0.890. The van der Waals surface area contributed by atoms with Crippen molar-refractivity contribution >= 4 is 35.1 Å². The summed E-state index contributed by atoms with van der Waals surface area (Å²) in [6.45, 7) is 2.64. The molecule has 1 aromatic heterocycles. The van der Waals surface area contributed by atoms with Crippen LogP contribution < -0.4 is 10.6 Å². The van der Waals surface area contributed by atoms with Crippen molar-refractivity contribution in [2.45, 2.75) is 12.4 Å². The molecule has 0 radical (unpaired) electrons. The van der Waals surface area contributed by atoms with Crippen molar-refractivity contribution < 1.29 is 13.2 Å². The average Bonchev–Trinajstić information content (AvgIpc) is 2.27. The first-order chi connectivity index (χ1) is 8.42. The molecule has 0 amide bonds. The first-order valence-corrected chi connectivity index (χ1v) is 6.49. The summed E-state index contributed by atoms with van der Waals surface area (Å²) < 4.78 is 35.7. The number of nitrogens with zero attached hydrogens (tertiary/aromatic N) is 2. The second-order valence-electron chi connectivity index (χ2n) is 3.14. The molecule has 0 spiro atoms. The summed E-state index contributed by atoms with van der Waals surface area (Å²) in [5.74, 6) is 0.596. The van der Waals surface area contributed by atoms with Gasteiger partial charge in [-0.3, -0.25) is 0 Å². The lowest BCUT2D eigenvalue weighted by Crippen LogP contribution is -2.12. The van der Waals surface area contributed by atoms with Crippen LogP contribution in [0.2, 0.25) is 5.02 Å². The molecule has 1 heterocycles. The molecule has 0 aromatic carbocycles. The van der Waals surface area contributed by atoms with E-state index in [4.69, 9.17) is 11.6 Å². The number of hydrogen-bond acceptors (Lipinski definition) is 5. The van der Waals surface area contributed by atoms with E-state index >= 15 is 0 Å².